The number of amides is 1. The number of benzene rings is 1. The van der Waals surface area contributed by atoms with Crippen LogP contribution in [0.2, 0.25) is 0 Å². The summed E-state index contributed by atoms with van der Waals surface area (Å²) in [5, 5.41) is 0. The Hall–Kier alpha value is -1.35. The number of nitrogens with two attached hydrogens (primary N) is 1. The molecule has 3 nitrogen and oxygen atoms in total. The zero-order valence-electron chi connectivity index (χ0n) is 10.6. The van der Waals surface area contributed by atoms with Gasteiger partial charge < -0.3 is 10.6 Å². The number of likely N-dealkylation sites (N-methyl/N-ethyl adjacent to an activating group) is 1. The number of rotatable bonds is 4. The van der Waals surface area contributed by atoms with Gasteiger partial charge in [-0.25, -0.2) is 0 Å². The largest absolute Gasteiger partial charge is 0.349 e. The van der Waals surface area contributed by atoms with E-state index in [9.17, 15) is 4.79 Å². The maximum Gasteiger partial charge on any atom is 0.226 e. The summed E-state index contributed by atoms with van der Waals surface area (Å²) < 4.78 is 0. The van der Waals surface area contributed by atoms with E-state index < -0.39 is 0 Å². The summed E-state index contributed by atoms with van der Waals surface area (Å²) >= 11 is 0. The van der Waals surface area contributed by atoms with Crippen molar-refractivity contribution in [1.29, 1.82) is 0 Å². The Morgan fingerprint density at radius 3 is 2.24 bits per heavy atom. The smallest absolute Gasteiger partial charge is 0.226 e. The lowest BCUT2D eigenvalue weighted by molar-refractivity contribution is -0.127. The topological polar surface area (TPSA) is 46.3 Å². The molecule has 1 aromatic rings. The third kappa shape index (κ3) is 3.30. The molecule has 1 aliphatic rings. The molecule has 1 fully saturated rings. The predicted molar refractivity (Wildman–Crippen MR) is 68.7 cm³/mol. The molecule has 0 heterocycles. The summed E-state index contributed by atoms with van der Waals surface area (Å²) in [6.07, 6.45) is 3.69. The molecule has 0 spiro atoms. The maximum absolute atomic E-state index is 11.5. The summed E-state index contributed by atoms with van der Waals surface area (Å²) in [5.74, 6) is 0.134. The molecular formula is C14H20N2O. The quantitative estimate of drug-likeness (QED) is 0.851. The van der Waals surface area contributed by atoms with Crippen LogP contribution in [0.4, 0.5) is 0 Å². The Morgan fingerprint density at radius 2 is 1.76 bits per heavy atom. The fourth-order valence-corrected chi connectivity index (χ4v) is 1.85. The maximum atomic E-state index is 11.5. The second-order valence-electron chi connectivity index (χ2n) is 5.32. The van der Waals surface area contributed by atoms with Crippen molar-refractivity contribution in [2.45, 2.75) is 31.2 Å². The van der Waals surface area contributed by atoms with E-state index in [0.29, 0.717) is 6.42 Å². The first kappa shape index (κ1) is 12.1. The summed E-state index contributed by atoms with van der Waals surface area (Å²) in [4.78, 5) is 13.2. The van der Waals surface area contributed by atoms with Crippen LogP contribution in [0.3, 0.4) is 0 Å². The van der Waals surface area contributed by atoms with Crippen LogP contribution in [-0.2, 0) is 17.6 Å². The van der Waals surface area contributed by atoms with Gasteiger partial charge in [0, 0.05) is 19.6 Å². The molecule has 0 saturated heterocycles. The van der Waals surface area contributed by atoms with Crippen molar-refractivity contribution in [3.8, 4) is 0 Å². The second kappa shape index (κ2) is 4.49. The molecule has 2 N–H and O–H groups in total. The highest BCUT2D eigenvalue weighted by atomic mass is 16.2. The van der Waals surface area contributed by atoms with Crippen LogP contribution in [0.5, 0.6) is 0 Å². The molecule has 1 aliphatic carbocycles. The van der Waals surface area contributed by atoms with E-state index in [1.54, 1.807) is 19.0 Å². The molecule has 0 aromatic heterocycles. The molecule has 92 valence electrons. The van der Waals surface area contributed by atoms with E-state index in [2.05, 4.69) is 12.1 Å². The van der Waals surface area contributed by atoms with Crippen LogP contribution in [-0.4, -0.2) is 30.4 Å². The van der Waals surface area contributed by atoms with Crippen LogP contribution >= 0.6 is 0 Å². The fourth-order valence-electron chi connectivity index (χ4n) is 1.85. The Labute approximate surface area is 103 Å². The van der Waals surface area contributed by atoms with Crippen molar-refractivity contribution in [1.82, 2.24) is 4.90 Å². The van der Waals surface area contributed by atoms with E-state index in [4.69, 9.17) is 5.73 Å². The minimum absolute atomic E-state index is 0.0565. The number of carbonyl (C=O) groups is 1. The molecule has 0 atom stereocenters. The average Bonchev–Trinajstić information content (AvgIpc) is 2.99. The number of hydrogen-bond donors (Lipinski definition) is 1. The highest BCUT2D eigenvalue weighted by Crippen LogP contribution is 2.35. The van der Waals surface area contributed by atoms with Gasteiger partial charge >= 0.3 is 0 Å². The van der Waals surface area contributed by atoms with Gasteiger partial charge in [0.2, 0.25) is 5.91 Å². The van der Waals surface area contributed by atoms with Gasteiger partial charge in [-0.15, -0.1) is 0 Å². The number of carbonyl (C=O) groups excluding carboxylic acids is 1. The Bertz CT molecular complexity index is 405. The lowest BCUT2D eigenvalue weighted by atomic mass is 10.0. The highest BCUT2D eigenvalue weighted by Gasteiger charge is 2.37. The zero-order valence-corrected chi connectivity index (χ0v) is 10.6. The molecular weight excluding hydrogens is 212 g/mol. The first-order chi connectivity index (χ1) is 7.98. The Morgan fingerprint density at radius 1 is 1.24 bits per heavy atom. The van der Waals surface area contributed by atoms with Crippen LogP contribution < -0.4 is 5.73 Å². The van der Waals surface area contributed by atoms with Crippen LogP contribution in [0.1, 0.15) is 24.0 Å². The standard InChI is InChI=1S/C14H20N2O/c1-16(2)13(17)9-11-3-5-12(6-4-11)10-14(15)7-8-14/h3-6H,7-10,15H2,1-2H3. The molecule has 3 heteroatoms. The summed E-state index contributed by atoms with van der Waals surface area (Å²) in [7, 11) is 3.56. The summed E-state index contributed by atoms with van der Waals surface area (Å²) in [5.41, 5.74) is 8.47. The first-order valence-electron chi connectivity index (χ1n) is 6.05. The molecule has 0 aliphatic heterocycles. The van der Waals surface area contributed by atoms with Gasteiger partial charge in [-0.1, -0.05) is 24.3 Å². The van der Waals surface area contributed by atoms with Crippen molar-refractivity contribution >= 4 is 5.91 Å². The predicted octanol–water partition coefficient (Wildman–Crippen LogP) is 1.35. The van der Waals surface area contributed by atoms with E-state index >= 15 is 0 Å². The van der Waals surface area contributed by atoms with Gasteiger partial charge in [-0.3, -0.25) is 4.79 Å². The monoisotopic (exact) mass is 232 g/mol. The van der Waals surface area contributed by atoms with Crippen molar-refractivity contribution in [3.05, 3.63) is 35.4 Å². The Kier molecular flexibility index (Phi) is 3.20. The molecule has 1 amide bonds. The van der Waals surface area contributed by atoms with Gasteiger partial charge in [0.1, 0.15) is 0 Å². The number of nitrogens with zero attached hydrogens (tertiary/aromatic N) is 1. The minimum Gasteiger partial charge on any atom is -0.349 e. The van der Waals surface area contributed by atoms with Gasteiger partial charge in [0.25, 0.3) is 0 Å². The van der Waals surface area contributed by atoms with Crippen molar-refractivity contribution in [2.75, 3.05) is 14.1 Å². The molecule has 0 unspecified atom stereocenters. The molecule has 17 heavy (non-hydrogen) atoms. The van der Waals surface area contributed by atoms with Gasteiger partial charge in [-0.2, -0.15) is 0 Å². The highest BCUT2D eigenvalue weighted by molar-refractivity contribution is 5.78. The van der Waals surface area contributed by atoms with Crippen molar-refractivity contribution in [3.63, 3.8) is 0 Å². The third-order valence-electron chi connectivity index (χ3n) is 3.33. The molecule has 1 aromatic carbocycles. The minimum atomic E-state index is 0.0565. The van der Waals surface area contributed by atoms with Gasteiger partial charge in [0.15, 0.2) is 0 Å². The van der Waals surface area contributed by atoms with Gasteiger partial charge in [-0.05, 0) is 30.4 Å². The van der Waals surface area contributed by atoms with Gasteiger partial charge in [0.05, 0.1) is 6.42 Å². The Balaban J connectivity index is 1.95. The third-order valence-corrected chi connectivity index (χ3v) is 3.33. The summed E-state index contributed by atoms with van der Waals surface area (Å²) in [6, 6.07) is 8.24. The lowest BCUT2D eigenvalue weighted by Crippen LogP contribution is -2.24. The van der Waals surface area contributed by atoms with Crippen LogP contribution in [0.25, 0.3) is 0 Å². The zero-order chi connectivity index (χ0) is 12.5. The fraction of sp³-hybridized carbons (Fsp3) is 0.500. The van der Waals surface area contributed by atoms with Crippen molar-refractivity contribution in [2.24, 2.45) is 5.73 Å². The molecule has 0 radical (unpaired) electrons. The summed E-state index contributed by atoms with van der Waals surface area (Å²) in [6.45, 7) is 0. The molecule has 2 rings (SSSR count). The average molecular weight is 232 g/mol. The second-order valence-corrected chi connectivity index (χ2v) is 5.32. The van der Waals surface area contributed by atoms with E-state index in [0.717, 1.165) is 24.8 Å². The van der Waals surface area contributed by atoms with Crippen molar-refractivity contribution < 1.29 is 4.79 Å². The van der Waals surface area contributed by atoms with Crippen LogP contribution in [0, 0.1) is 0 Å². The van der Waals surface area contributed by atoms with E-state index in [1.165, 1.54) is 5.56 Å². The number of hydrogen-bond acceptors (Lipinski definition) is 2. The van der Waals surface area contributed by atoms with Crippen LogP contribution in [0.15, 0.2) is 24.3 Å². The van der Waals surface area contributed by atoms with E-state index in [-0.39, 0.29) is 11.4 Å². The molecule has 1 saturated carbocycles. The lowest BCUT2D eigenvalue weighted by Gasteiger charge is -2.11. The first-order valence-corrected chi connectivity index (χ1v) is 6.05. The molecule has 0 bridgehead atoms. The normalized spacial score (nSPS) is 16.6. The van der Waals surface area contributed by atoms with E-state index in [1.807, 2.05) is 12.1 Å². The SMILES string of the molecule is CN(C)C(=O)Cc1ccc(CC2(N)CC2)cc1.